The molecule has 0 radical (unpaired) electrons. The molecule has 1 nitrogen and oxygen atoms in total. The van der Waals surface area contributed by atoms with E-state index in [2.05, 4.69) is 0 Å². The lowest BCUT2D eigenvalue weighted by Crippen LogP contribution is -2.25. The molecule has 0 heterocycles. The molecule has 1 aromatic rings. The van der Waals surface area contributed by atoms with Gasteiger partial charge in [0.15, 0.2) is 0 Å². The Morgan fingerprint density at radius 2 is 2.07 bits per heavy atom. The average molecular weight is 230 g/mol. The van der Waals surface area contributed by atoms with Gasteiger partial charge in [-0.05, 0) is 48.9 Å². The van der Waals surface area contributed by atoms with Crippen molar-refractivity contribution >= 4 is 23.2 Å². The molecule has 3 heteroatoms. The summed E-state index contributed by atoms with van der Waals surface area (Å²) in [4.78, 5) is 0. The second kappa shape index (κ2) is 4.09. The van der Waals surface area contributed by atoms with Crippen LogP contribution in [-0.2, 0) is 6.42 Å². The summed E-state index contributed by atoms with van der Waals surface area (Å²) in [7, 11) is 0. The number of halogens is 2. The maximum Gasteiger partial charge on any atom is 0.0439 e. The molecule has 14 heavy (non-hydrogen) atoms. The zero-order chi connectivity index (χ0) is 10.1. The second-order valence-electron chi connectivity index (χ2n) is 3.94. The number of hydrogen-bond acceptors (Lipinski definition) is 1. The Hall–Kier alpha value is -0.240. The average Bonchev–Trinajstić information content (AvgIpc) is 2.94. The lowest BCUT2D eigenvalue weighted by molar-refractivity contribution is 0.592. The topological polar surface area (TPSA) is 26.0 Å². The van der Waals surface area contributed by atoms with E-state index in [1.807, 2.05) is 12.1 Å². The first-order chi connectivity index (χ1) is 6.66. The first-order valence-electron chi connectivity index (χ1n) is 4.86. The minimum atomic E-state index is 0.242. The fourth-order valence-corrected chi connectivity index (χ4v) is 2.03. The first-order valence-corrected chi connectivity index (χ1v) is 5.62. The maximum absolute atomic E-state index is 6.05. The van der Waals surface area contributed by atoms with Crippen LogP contribution in [-0.4, -0.2) is 6.04 Å². The number of benzene rings is 1. The molecule has 1 saturated carbocycles. The summed E-state index contributed by atoms with van der Waals surface area (Å²) in [6.45, 7) is 0. The Kier molecular flexibility index (Phi) is 3.01. The van der Waals surface area contributed by atoms with E-state index in [1.54, 1.807) is 6.07 Å². The van der Waals surface area contributed by atoms with Gasteiger partial charge in [-0.2, -0.15) is 0 Å². The molecule has 0 amide bonds. The highest BCUT2D eigenvalue weighted by molar-refractivity contribution is 6.33. The minimum absolute atomic E-state index is 0.242. The summed E-state index contributed by atoms with van der Waals surface area (Å²) in [5, 5.41) is 1.50. The summed E-state index contributed by atoms with van der Waals surface area (Å²) in [5.74, 6) is 0.699. The smallest absolute Gasteiger partial charge is 0.0439 e. The minimum Gasteiger partial charge on any atom is -0.327 e. The largest absolute Gasteiger partial charge is 0.327 e. The van der Waals surface area contributed by atoms with Crippen molar-refractivity contribution in [2.24, 2.45) is 11.7 Å². The van der Waals surface area contributed by atoms with Gasteiger partial charge in [-0.1, -0.05) is 23.2 Å². The van der Waals surface area contributed by atoms with E-state index >= 15 is 0 Å². The quantitative estimate of drug-likeness (QED) is 0.847. The van der Waals surface area contributed by atoms with Crippen LogP contribution in [0.15, 0.2) is 18.2 Å². The van der Waals surface area contributed by atoms with E-state index in [0.29, 0.717) is 5.92 Å². The first kappa shape index (κ1) is 10.3. The van der Waals surface area contributed by atoms with Gasteiger partial charge < -0.3 is 5.73 Å². The Morgan fingerprint density at radius 3 is 2.71 bits per heavy atom. The third-order valence-electron chi connectivity index (χ3n) is 2.69. The van der Waals surface area contributed by atoms with Crippen LogP contribution in [0.25, 0.3) is 0 Å². The standard InChI is InChI=1S/C11H13Cl2N/c12-9-3-4-10(13)8(5-9)6-11(14)7-1-2-7/h3-5,7,11H,1-2,6,14H2. The lowest BCUT2D eigenvalue weighted by Gasteiger charge is -2.11. The van der Waals surface area contributed by atoms with Gasteiger partial charge in [-0.3, -0.25) is 0 Å². The third-order valence-corrected chi connectivity index (χ3v) is 3.29. The van der Waals surface area contributed by atoms with Gasteiger partial charge in [-0.15, -0.1) is 0 Å². The van der Waals surface area contributed by atoms with E-state index in [-0.39, 0.29) is 6.04 Å². The van der Waals surface area contributed by atoms with E-state index < -0.39 is 0 Å². The molecule has 0 saturated heterocycles. The fraction of sp³-hybridized carbons (Fsp3) is 0.455. The Morgan fingerprint density at radius 1 is 1.36 bits per heavy atom. The fourth-order valence-electron chi connectivity index (χ4n) is 1.64. The SMILES string of the molecule is NC(Cc1cc(Cl)ccc1Cl)C1CC1. The van der Waals surface area contributed by atoms with Gasteiger partial charge in [0, 0.05) is 16.1 Å². The van der Waals surface area contributed by atoms with Crippen molar-refractivity contribution in [3.63, 3.8) is 0 Å². The van der Waals surface area contributed by atoms with Gasteiger partial charge in [0.25, 0.3) is 0 Å². The third kappa shape index (κ3) is 2.41. The summed E-state index contributed by atoms with van der Waals surface area (Å²) < 4.78 is 0. The molecule has 1 fully saturated rings. The van der Waals surface area contributed by atoms with E-state index in [0.717, 1.165) is 22.0 Å². The summed E-state index contributed by atoms with van der Waals surface area (Å²) in [6, 6.07) is 5.78. The van der Waals surface area contributed by atoms with Crippen molar-refractivity contribution in [2.75, 3.05) is 0 Å². The molecule has 2 rings (SSSR count). The van der Waals surface area contributed by atoms with Crippen LogP contribution >= 0.6 is 23.2 Å². The molecule has 2 N–H and O–H groups in total. The van der Waals surface area contributed by atoms with Crippen molar-refractivity contribution in [1.29, 1.82) is 0 Å². The van der Waals surface area contributed by atoms with Crippen molar-refractivity contribution in [3.8, 4) is 0 Å². The molecule has 1 aliphatic rings. The van der Waals surface area contributed by atoms with Crippen LogP contribution in [0, 0.1) is 5.92 Å². The molecule has 1 atom stereocenters. The highest BCUT2D eigenvalue weighted by atomic mass is 35.5. The van der Waals surface area contributed by atoms with Crippen LogP contribution in [0.2, 0.25) is 10.0 Å². The molecule has 0 aromatic heterocycles. The summed E-state index contributed by atoms with van der Waals surface area (Å²) in [6.07, 6.45) is 3.36. The number of rotatable bonds is 3. The molecule has 0 aliphatic heterocycles. The highest BCUT2D eigenvalue weighted by Gasteiger charge is 2.28. The lowest BCUT2D eigenvalue weighted by atomic mass is 10.0. The Labute approximate surface area is 94.2 Å². The van der Waals surface area contributed by atoms with Crippen molar-refractivity contribution < 1.29 is 0 Å². The Balaban J connectivity index is 2.10. The van der Waals surface area contributed by atoms with Gasteiger partial charge in [0.05, 0.1) is 0 Å². The summed E-state index contributed by atoms with van der Waals surface area (Å²) in [5.41, 5.74) is 7.10. The molecule has 1 unspecified atom stereocenters. The molecule has 1 aliphatic carbocycles. The normalized spacial score (nSPS) is 18.2. The van der Waals surface area contributed by atoms with Crippen LogP contribution in [0.5, 0.6) is 0 Å². The van der Waals surface area contributed by atoms with Crippen LogP contribution in [0.3, 0.4) is 0 Å². The van der Waals surface area contributed by atoms with Crippen molar-refractivity contribution in [2.45, 2.75) is 25.3 Å². The number of nitrogens with two attached hydrogens (primary N) is 1. The van der Waals surface area contributed by atoms with Gasteiger partial charge >= 0.3 is 0 Å². The summed E-state index contributed by atoms with van der Waals surface area (Å²) >= 11 is 11.9. The zero-order valence-electron chi connectivity index (χ0n) is 7.84. The molecule has 0 spiro atoms. The van der Waals surface area contributed by atoms with Gasteiger partial charge in [0.1, 0.15) is 0 Å². The molecule has 1 aromatic carbocycles. The predicted octanol–water partition coefficient (Wildman–Crippen LogP) is 3.27. The predicted molar refractivity (Wildman–Crippen MR) is 60.9 cm³/mol. The van der Waals surface area contributed by atoms with E-state index in [1.165, 1.54) is 12.8 Å². The van der Waals surface area contributed by atoms with Crippen LogP contribution in [0.4, 0.5) is 0 Å². The second-order valence-corrected chi connectivity index (χ2v) is 4.78. The molecular weight excluding hydrogens is 217 g/mol. The van der Waals surface area contributed by atoms with Crippen molar-refractivity contribution in [1.82, 2.24) is 0 Å². The Bertz CT molecular complexity index is 334. The van der Waals surface area contributed by atoms with Crippen LogP contribution < -0.4 is 5.73 Å². The molecule has 0 bridgehead atoms. The highest BCUT2D eigenvalue weighted by Crippen LogP contribution is 2.34. The van der Waals surface area contributed by atoms with E-state index in [9.17, 15) is 0 Å². The van der Waals surface area contributed by atoms with Gasteiger partial charge in [0.2, 0.25) is 0 Å². The molecular formula is C11H13Cl2N. The molecule has 76 valence electrons. The monoisotopic (exact) mass is 229 g/mol. The van der Waals surface area contributed by atoms with E-state index in [4.69, 9.17) is 28.9 Å². The maximum atomic E-state index is 6.05. The zero-order valence-corrected chi connectivity index (χ0v) is 9.35. The number of hydrogen-bond donors (Lipinski definition) is 1. The van der Waals surface area contributed by atoms with Crippen molar-refractivity contribution in [3.05, 3.63) is 33.8 Å². The van der Waals surface area contributed by atoms with Crippen LogP contribution in [0.1, 0.15) is 18.4 Å². The van der Waals surface area contributed by atoms with Gasteiger partial charge in [-0.25, -0.2) is 0 Å².